The van der Waals surface area contributed by atoms with E-state index >= 15 is 0 Å². The van der Waals surface area contributed by atoms with Crippen molar-refractivity contribution in [2.75, 3.05) is 25.0 Å². The fourth-order valence-electron chi connectivity index (χ4n) is 4.80. The number of nitrogens with zero attached hydrogens (tertiary/aromatic N) is 2. The van der Waals surface area contributed by atoms with E-state index in [0.717, 1.165) is 37.0 Å². The highest BCUT2D eigenvalue weighted by Crippen LogP contribution is 2.45. The van der Waals surface area contributed by atoms with Crippen molar-refractivity contribution in [1.29, 1.82) is 0 Å². The number of hydrogen-bond acceptors (Lipinski definition) is 5. The van der Waals surface area contributed by atoms with Crippen LogP contribution in [0.5, 0.6) is 0 Å². The zero-order valence-corrected chi connectivity index (χ0v) is 17.7. The van der Waals surface area contributed by atoms with Crippen LogP contribution < -0.4 is 5.32 Å². The first-order valence-corrected chi connectivity index (χ1v) is 12.0. The molecule has 0 bridgehead atoms. The van der Waals surface area contributed by atoms with Gasteiger partial charge in [-0.25, -0.2) is 8.42 Å². The molecule has 3 fully saturated rings. The zero-order chi connectivity index (χ0) is 21.4. The summed E-state index contributed by atoms with van der Waals surface area (Å²) in [6.07, 6.45) is 6.19. The van der Waals surface area contributed by atoms with Gasteiger partial charge in [0.15, 0.2) is 0 Å². The molecule has 0 radical (unpaired) electrons. The third kappa shape index (κ3) is 3.88. The summed E-state index contributed by atoms with van der Waals surface area (Å²) in [5, 5.41) is 2.64. The van der Waals surface area contributed by atoms with Crippen LogP contribution in [0.2, 0.25) is 0 Å². The van der Waals surface area contributed by atoms with E-state index in [1.54, 1.807) is 12.1 Å². The molecule has 1 saturated carbocycles. The fraction of sp³-hybridized carbons (Fsp3) is 0.571. The topological polar surface area (TPSA) is 104 Å². The van der Waals surface area contributed by atoms with Gasteiger partial charge in [-0.1, -0.05) is 25.3 Å². The summed E-state index contributed by atoms with van der Waals surface area (Å²) in [5.41, 5.74) is -0.300. The maximum Gasteiger partial charge on any atom is 0.244 e. The molecule has 1 N–H and O–H groups in total. The molecule has 1 aromatic rings. The lowest BCUT2D eigenvalue weighted by Gasteiger charge is -2.30. The van der Waals surface area contributed by atoms with Crippen LogP contribution in [0.1, 0.15) is 51.4 Å². The van der Waals surface area contributed by atoms with E-state index in [1.165, 1.54) is 16.4 Å². The van der Waals surface area contributed by atoms with Gasteiger partial charge in [-0.2, -0.15) is 4.31 Å². The molecule has 2 heterocycles. The van der Waals surface area contributed by atoms with Gasteiger partial charge in [-0.15, -0.1) is 0 Å². The Bertz CT molecular complexity index is 963. The summed E-state index contributed by atoms with van der Waals surface area (Å²) in [5.74, 6) is -1.06. The van der Waals surface area contributed by atoms with Crippen LogP contribution in [0.25, 0.3) is 0 Å². The Morgan fingerprint density at radius 1 is 1.03 bits per heavy atom. The first-order chi connectivity index (χ1) is 14.3. The second-order valence-corrected chi connectivity index (χ2v) is 10.4. The SMILES string of the molecule is O=C(CN1C(=O)CC2(CCCCC2)C1=O)Nc1cccc(S(=O)(=O)N2CCCC2)c1. The Hall–Kier alpha value is -2.26. The number of carbonyl (C=O) groups is 3. The molecule has 1 aromatic carbocycles. The molecular weight excluding hydrogens is 406 g/mol. The Labute approximate surface area is 176 Å². The van der Waals surface area contributed by atoms with Crippen molar-refractivity contribution >= 4 is 33.4 Å². The summed E-state index contributed by atoms with van der Waals surface area (Å²) < 4.78 is 26.9. The zero-order valence-electron chi connectivity index (χ0n) is 16.9. The predicted molar refractivity (Wildman–Crippen MR) is 110 cm³/mol. The minimum absolute atomic E-state index is 0.122. The van der Waals surface area contributed by atoms with Crippen molar-refractivity contribution in [2.45, 2.75) is 56.3 Å². The summed E-state index contributed by atoms with van der Waals surface area (Å²) in [6, 6.07) is 6.09. The van der Waals surface area contributed by atoms with Gasteiger partial charge < -0.3 is 5.32 Å². The quantitative estimate of drug-likeness (QED) is 0.717. The van der Waals surface area contributed by atoms with Crippen LogP contribution in [0.3, 0.4) is 0 Å². The van der Waals surface area contributed by atoms with Gasteiger partial charge in [0.25, 0.3) is 0 Å². The fourth-order valence-corrected chi connectivity index (χ4v) is 6.36. The highest BCUT2D eigenvalue weighted by atomic mass is 32.2. The van der Waals surface area contributed by atoms with Crippen molar-refractivity contribution in [2.24, 2.45) is 5.41 Å². The molecule has 3 amide bonds. The van der Waals surface area contributed by atoms with Crippen LogP contribution >= 0.6 is 0 Å². The van der Waals surface area contributed by atoms with E-state index in [2.05, 4.69) is 5.32 Å². The minimum Gasteiger partial charge on any atom is -0.324 e. The lowest BCUT2D eigenvalue weighted by atomic mass is 9.73. The third-order valence-electron chi connectivity index (χ3n) is 6.42. The van der Waals surface area contributed by atoms with Crippen LogP contribution in [0.15, 0.2) is 29.2 Å². The van der Waals surface area contributed by atoms with E-state index < -0.39 is 21.3 Å². The minimum atomic E-state index is -3.59. The molecule has 1 aliphatic carbocycles. The van der Waals surface area contributed by atoms with E-state index in [1.807, 2.05) is 0 Å². The third-order valence-corrected chi connectivity index (χ3v) is 8.32. The summed E-state index contributed by atoms with van der Waals surface area (Å²) >= 11 is 0. The van der Waals surface area contributed by atoms with Crippen molar-refractivity contribution in [3.8, 4) is 0 Å². The number of anilines is 1. The average Bonchev–Trinajstić information content (AvgIpc) is 3.34. The standard InChI is InChI=1S/C21H27N3O5S/c25-18(15-24-19(26)14-21(20(24)27)9-2-1-3-10-21)22-16-7-6-8-17(13-16)30(28,29)23-11-4-5-12-23/h6-8,13H,1-5,9-12,14-15H2,(H,22,25). The normalized spacial score (nSPS) is 22.1. The Balaban J connectivity index is 1.43. The Morgan fingerprint density at radius 3 is 2.43 bits per heavy atom. The smallest absolute Gasteiger partial charge is 0.244 e. The predicted octanol–water partition coefficient (Wildman–Crippen LogP) is 2.12. The molecule has 0 atom stereocenters. The molecule has 1 spiro atoms. The van der Waals surface area contributed by atoms with Crippen molar-refractivity contribution in [1.82, 2.24) is 9.21 Å². The van der Waals surface area contributed by atoms with Crippen LogP contribution in [-0.4, -0.2) is 55.0 Å². The molecule has 3 aliphatic rings. The number of hydrogen-bond donors (Lipinski definition) is 1. The van der Waals surface area contributed by atoms with E-state index in [0.29, 0.717) is 31.6 Å². The van der Waals surface area contributed by atoms with Gasteiger partial charge >= 0.3 is 0 Å². The lowest BCUT2D eigenvalue weighted by Crippen LogP contribution is -2.41. The molecule has 30 heavy (non-hydrogen) atoms. The summed E-state index contributed by atoms with van der Waals surface area (Å²) in [6.45, 7) is 0.655. The number of rotatable bonds is 5. The number of sulfonamides is 1. The highest BCUT2D eigenvalue weighted by Gasteiger charge is 2.51. The number of amides is 3. The molecular formula is C21H27N3O5S. The Kier molecular flexibility index (Phi) is 5.67. The van der Waals surface area contributed by atoms with Gasteiger partial charge in [0.1, 0.15) is 6.54 Å². The maximum atomic E-state index is 12.9. The van der Waals surface area contributed by atoms with Crippen LogP contribution in [0, 0.1) is 5.41 Å². The number of nitrogens with one attached hydrogen (secondary N) is 1. The molecule has 4 rings (SSSR count). The molecule has 162 valence electrons. The van der Waals surface area contributed by atoms with Crippen LogP contribution in [0.4, 0.5) is 5.69 Å². The maximum absolute atomic E-state index is 12.9. The summed E-state index contributed by atoms with van der Waals surface area (Å²) in [7, 11) is -3.59. The van der Waals surface area contributed by atoms with Crippen molar-refractivity contribution < 1.29 is 22.8 Å². The second kappa shape index (κ2) is 8.11. The summed E-state index contributed by atoms with van der Waals surface area (Å²) in [4.78, 5) is 39.0. The second-order valence-electron chi connectivity index (χ2n) is 8.49. The van der Waals surface area contributed by atoms with E-state index in [4.69, 9.17) is 0 Å². The van der Waals surface area contributed by atoms with Crippen molar-refractivity contribution in [3.63, 3.8) is 0 Å². The van der Waals surface area contributed by atoms with Gasteiger partial charge in [0.2, 0.25) is 27.7 Å². The molecule has 8 nitrogen and oxygen atoms in total. The number of imide groups is 1. The number of likely N-dealkylation sites (tertiary alicyclic amines) is 1. The number of benzene rings is 1. The van der Waals surface area contributed by atoms with Crippen LogP contribution in [-0.2, 0) is 24.4 Å². The molecule has 2 aliphatic heterocycles. The largest absolute Gasteiger partial charge is 0.324 e. The average molecular weight is 434 g/mol. The van der Waals surface area contributed by atoms with Crippen molar-refractivity contribution in [3.05, 3.63) is 24.3 Å². The van der Waals surface area contributed by atoms with Gasteiger partial charge in [-0.05, 0) is 43.9 Å². The number of carbonyl (C=O) groups excluding carboxylic acids is 3. The first kappa shape index (κ1) is 21.0. The van der Waals surface area contributed by atoms with Gasteiger partial charge in [-0.3, -0.25) is 19.3 Å². The Morgan fingerprint density at radius 2 is 1.73 bits per heavy atom. The molecule has 9 heteroatoms. The highest BCUT2D eigenvalue weighted by molar-refractivity contribution is 7.89. The molecule has 0 aromatic heterocycles. The first-order valence-electron chi connectivity index (χ1n) is 10.6. The van der Waals surface area contributed by atoms with Gasteiger partial charge in [0, 0.05) is 25.2 Å². The lowest BCUT2D eigenvalue weighted by molar-refractivity contribution is -0.144. The van der Waals surface area contributed by atoms with Gasteiger partial charge in [0.05, 0.1) is 10.3 Å². The van der Waals surface area contributed by atoms with E-state index in [9.17, 15) is 22.8 Å². The monoisotopic (exact) mass is 433 g/mol. The van der Waals surface area contributed by atoms with E-state index in [-0.39, 0.29) is 29.7 Å². The molecule has 0 unspecified atom stereocenters. The molecule has 2 saturated heterocycles.